The molecule has 2 saturated heterocycles. The molecule has 0 unspecified atom stereocenters. The van der Waals surface area contributed by atoms with E-state index >= 15 is 0 Å². The number of hydrogen-bond acceptors (Lipinski definition) is 4. The summed E-state index contributed by atoms with van der Waals surface area (Å²) in [5, 5.41) is 0.994. The normalized spacial score (nSPS) is 28.4. The Kier molecular flexibility index (Phi) is 2.53. The minimum absolute atomic E-state index is 0.0553. The van der Waals surface area contributed by atoms with Crippen molar-refractivity contribution in [2.75, 3.05) is 13.2 Å². The highest BCUT2D eigenvalue weighted by Crippen LogP contribution is 2.48. The first-order valence-corrected chi connectivity index (χ1v) is 7.21. The molecule has 1 aromatic heterocycles. The molecular weight excluding hydrogens is 308 g/mol. The quantitative estimate of drug-likeness (QED) is 0.872. The van der Waals surface area contributed by atoms with Gasteiger partial charge in [-0.3, -0.25) is 0 Å². The SMILES string of the molecule is Brc1cccc2nc(OCC34CC(CO3)C4)ncc12. The van der Waals surface area contributed by atoms with Gasteiger partial charge in [0, 0.05) is 16.1 Å². The van der Waals surface area contributed by atoms with Gasteiger partial charge in [0.1, 0.15) is 12.2 Å². The molecule has 1 saturated carbocycles. The second-order valence-electron chi connectivity index (χ2n) is 5.38. The lowest BCUT2D eigenvalue weighted by atomic mass is 9.75. The van der Waals surface area contributed by atoms with Crippen LogP contribution in [-0.4, -0.2) is 28.8 Å². The Bertz CT molecular complexity index is 635. The van der Waals surface area contributed by atoms with Crippen molar-refractivity contribution in [2.24, 2.45) is 5.92 Å². The van der Waals surface area contributed by atoms with Crippen LogP contribution >= 0.6 is 15.9 Å². The van der Waals surface area contributed by atoms with Crippen LogP contribution in [0.5, 0.6) is 6.01 Å². The maximum atomic E-state index is 5.75. The Labute approximate surface area is 119 Å². The average Bonchev–Trinajstić information content (AvgIpc) is 2.96. The fourth-order valence-electron chi connectivity index (χ4n) is 2.95. The largest absolute Gasteiger partial charge is 0.460 e. The molecule has 4 nitrogen and oxygen atoms in total. The molecule has 3 fully saturated rings. The highest BCUT2D eigenvalue weighted by molar-refractivity contribution is 9.10. The molecule has 2 aliphatic heterocycles. The molecule has 0 amide bonds. The zero-order valence-electron chi connectivity index (χ0n) is 10.3. The molecule has 3 heterocycles. The fraction of sp³-hybridized carbons (Fsp3) is 0.429. The molecule has 2 bridgehead atoms. The Morgan fingerprint density at radius 1 is 1.42 bits per heavy atom. The summed E-state index contributed by atoms with van der Waals surface area (Å²) in [6, 6.07) is 6.32. The molecule has 1 aromatic carbocycles. The number of halogens is 1. The van der Waals surface area contributed by atoms with Gasteiger partial charge in [-0.2, -0.15) is 4.98 Å². The second kappa shape index (κ2) is 4.15. The van der Waals surface area contributed by atoms with Gasteiger partial charge in [-0.25, -0.2) is 4.98 Å². The van der Waals surface area contributed by atoms with Crippen molar-refractivity contribution < 1.29 is 9.47 Å². The zero-order valence-corrected chi connectivity index (χ0v) is 11.9. The zero-order chi connectivity index (χ0) is 12.9. The van der Waals surface area contributed by atoms with E-state index in [4.69, 9.17) is 9.47 Å². The van der Waals surface area contributed by atoms with E-state index in [1.165, 1.54) is 0 Å². The van der Waals surface area contributed by atoms with Gasteiger partial charge < -0.3 is 9.47 Å². The molecule has 5 rings (SSSR count). The summed E-state index contributed by atoms with van der Waals surface area (Å²) in [6.07, 6.45) is 4.02. The number of aromatic nitrogens is 2. The van der Waals surface area contributed by atoms with E-state index in [1.807, 2.05) is 18.2 Å². The van der Waals surface area contributed by atoms with Gasteiger partial charge in [-0.1, -0.05) is 22.0 Å². The van der Waals surface area contributed by atoms with E-state index < -0.39 is 0 Å². The van der Waals surface area contributed by atoms with Crippen molar-refractivity contribution in [3.8, 4) is 6.01 Å². The van der Waals surface area contributed by atoms with Crippen molar-refractivity contribution in [2.45, 2.75) is 18.4 Å². The summed E-state index contributed by atoms with van der Waals surface area (Å²) in [5.74, 6) is 0.747. The summed E-state index contributed by atoms with van der Waals surface area (Å²) >= 11 is 3.49. The van der Waals surface area contributed by atoms with Crippen molar-refractivity contribution >= 4 is 26.8 Å². The van der Waals surface area contributed by atoms with Crippen LogP contribution in [0.4, 0.5) is 0 Å². The highest BCUT2D eigenvalue weighted by Gasteiger charge is 2.52. The third kappa shape index (κ3) is 1.92. The first-order valence-electron chi connectivity index (χ1n) is 6.42. The lowest BCUT2D eigenvalue weighted by Gasteiger charge is -2.34. The van der Waals surface area contributed by atoms with Crippen LogP contribution < -0.4 is 4.74 Å². The number of ether oxygens (including phenoxy) is 2. The monoisotopic (exact) mass is 320 g/mol. The number of fused-ring (bicyclic) bond motifs is 2. The molecule has 0 N–H and O–H groups in total. The van der Waals surface area contributed by atoms with Crippen LogP contribution in [0, 0.1) is 5.92 Å². The van der Waals surface area contributed by atoms with Crippen LogP contribution in [0.3, 0.4) is 0 Å². The smallest absolute Gasteiger partial charge is 0.317 e. The van der Waals surface area contributed by atoms with Crippen molar-refractivity contribution in [3.05, 3.63) is 28.9 Å². The van der Waals surface area contributed by atoms with Gasteiger partial charge in [0.05, 0.1) is 12.1 Å². The van der Waals surface area contributed by atoms with Crippen LogP contribution in [-0.2, 0) is 4.74 Å². The molecule has 0 radical (unpaired) electrons. The number of hydrogen-bond donors (Lipinski definition) is 0. The summed E-state index contributed by atoms with van der Waals surface area (Å²) in [5.41, 5.74) is 0.830. The number of rotatable bonds is 3. The van der Waals surface area contributed by atoms with Gasteiger partial charge in [0.2, 0.25) is 0 Å². The minimum Gasteiger partial charge on any atom is -0.460 e. The Hall–Kier alpha value is -1.20. The summed E-state index contributed by atoms with van der Waals surface area (Å²) < 4.78 is 12.5. The summed E-state index contributed by atoms with van der Waals surface area (Å²) in [7, 11) is 0. The predicted molar refractivity (Wildman–Crippen MR) is 74.1 cm³/mol. The Balaban J connectivity index is 1.55. The molecule has 19 heavy (non-hydrogen) atoms. The standard InChI is InChI=1S/C14H13BrN2O2/c15-11-2-1-3-12-10(11)6-16-13(17-12)18-8-14-4-9(5-14)7-19-14/h1-3,6,9H,4-5,7-8H2. The van der Waals surface area contributed by atoms with Crippen molar-refractivity contribution in [1.29, 1.82) is 0 Å². The minimum atomic E-state index is -0.0553. The number of benzene rings is 1. The predicted octanol–water partition coefficient (Wildman–Crippen LogP) is 2.95. The molecule has 3 aliphatic rings. The first-order chi connectivity index (χ1) is 9.24. The van der Waals surface area contributed by atoms with Crippen molar-refractivity contribution in [1.82, 2.24) is 9.97 Å². The third-order valence-corrected chi connectivity index (χ3v) is 4.65. The summed E-state index contributed by atoms with van der Waals surface area (Å²) in [4.78, 5) is 8.68. The average molecular weight is 321 g/mol. The molecule has 5 heteroatoms. The summed E-state index contributed by atoms with van der Waals surface area (Å²) in [6.45, 7) is 1.44. The van der Waals surface area contributed by atoms with E-state index in [0.717, 1.165) is 40.7 Å². The van der Waals surface area contributed by atoms with E-state index in [2.05, 4.69) is 25.9 Å². The molecule has 1 aliphatic carbocycles. The van der Waals surface area contributed by atoms with E-state index in [9.17, 15) is 0 Å². The van der Waals surface area contributed by atoms with Crippen LogP contribution in [0.2, 0.25) is 0 Å². The van der Waals surface area contributed by atoms with E-state index in [1.54, 1.807) is 6.20 Å². The van der Waals surface area contributed by atoms with E-state index in [0.29, 0.717) is 12.6 Å². The molecule has 98 valence electrons. The fourth-order valence-corrected chi connectivity index (χ4v) is 3.41. The lowest BCUT2D eigenvalue weighted by molar-refractivity contribution is -0.0379. The molecule has 0 spiro atoms. The third-order valence-electron chi connectivity index (χ3n) is 3.96. The Morgan fingerprint density at radius 2 is 2.32 bits per heavy atom. The van der Waals surface area contributed by atoms with Gasteiger partial charge in [-0.15, -0.1) is 0 Å². The van der Waals surface area contributed by atoms with Gasteiger partial charge in [0.15, 0.2) is 0 Å². The van der Waals surface area contributed by atoms with Crippen molar-refractivity contribution in [3.63, 3.8) is 0 Å². The first kappa shape index (κ1) is 11.6. The lowest BCUT2D eigenvalue weighted by Crippen LogP contribution is -2.42. The Morgan fingerprint density at radius 3 is 3.11 bits per heavy atom. The maximum absolute atomic E-state index is 5.75. The van der Waals surface area contributed by atoms with Gasteiger partial charge in [0.25, 0.3) is 0 Å². The van der Waals surface area contributed by atoms with Crippen LogP contribution in [0.25, 0.3) is 10.9 Å². The number of nitrogens with zero attached hydrogens (tertiary/aromatic N) is 2. The molecule has 0 atom stereocenters. The topological polar surface area (TPSA) is 44.2 Å². The van der Waals surface area contributed by atoms with Crippen LogP contribution in [0.15, 0.2) is 28.9 Å². The van der Waals surface area contributed by atoms with Gasteiger partial charge >= 0.3 is 6.01 Å². The van der Waals surface area contributed by atoms with Gasteiger partial charge in [-0.05, 0) is 30.9 Å². The highest BCUT2D eigenvalue weighted by atomic mass is 79.9. The second-order valence-corrected chi connectivity index (χ2v) is 6.24. The molecule has 2 aromatic rings. The molecular formula is C14H13BrN2O2. The van der Waals surface area contributed by atoms with Crippen LogP contribution in [0.1, 0.15) is 12.8 Å². The maximum Gasteiger partial charge on any atom is 0.317 e. The van der Waals surface area contributed by atoms with E-state index in [-0.39, 0.29) is 5.60 Å².